The van der Waals surface area contributed by atoms with Crippen molar-refractivity contribution in [1.82, 2.24) is 25.2 Å². The zero-order valence-electron chi connectivity index (χ0n) is 12.5. The van der Waals surface area contributed by atoms with E-state index >= 15 is 0 Å². The third kappa shape index (κ3) is 2.12. The molecule has 0 unspecified atom stereocenters. The summed E-state index contributed by atoms with van der Waals surface area (Å²) in [6, 6.07) is 8.30. The Hall–Kier alpha value is -2.47. The van der Waals surface area contributed by atoms with Crippen molar-refractivity contribution in [2.45, 2.75) is 6.92 Å². The minimum atomic E-state index is 0.871. The molecule has 0 bridgehead atoms. The van der Waals surface area contributed by atoms with E-state index in [4.69, 9.17) is 5.10 Å². The largest absolute Gasteiger partial charge is 0.313 e. The Balaban J connectivity index is 1.91. The van der Waals surface area contributed by atoms with Gasteiger partial charge in [-0.25, -0.2) is 9.97 Å². The van der Waals surface area contributed by atoms with Crippen molar-refractivity contribution in [3.63, 3.8) is 0 Å². The highest BCUT2D eigenvalue weighted by atomic mass is 15.7. The highest BCUT2D eigenvalue weighted by Gasteiger charge is 2.19. The number of aromatic nitrogens is 4. The maximum atomic E-state index is 4.86. The fourth-order valence-corrected chi connectivity index (χ4v) is 2.92. The smallest absolute Gasteiger partial charge is 0.184 e. The first-order valence-corrected chi connectivity index (χ1v) is 7.55. The Bertz CT molecular complexity index is 803. The lowest BCUT2D eigenvalue weighted by Gasteiger charge is -2.28. The van der Waals surface area contributed by atoms with Crippen LogP contribution in [0.3, 0.4) is 0 Å². The molecule has 3 aromatic rings. The lowest BCUT2D eigenvalue weighted by Crippen LogP contribution is -2.49. The van der Waals surface area contributed by atoms with Crippen LogP contribution in [0, 0.1) is 6.92 Å². The molecular weight excluding hydrogens is 276 g/mol. The molecule has 1 fully saturated rings. The lowest BCUT2D eigenvalue weighted by atomic mass is 10.0. The van der Waals surface area contributed by atoms with Gasteiger partial charge >= 0.3 is 0 Å². The number of nitrogens with zero attached hydrogens (tertiary/aromatic N) is 5. The molecule has 6 nitrogen and oxygen atoms in total. The van der Waals surface area contributed by atoms with E-state index in [-0.39, 0.29) is 0 Å². The van der Waals surface area contributed by atoms with Crippen molar-refractivity contribution < 1.29 is 0 Å². The molecule has 0 spiro atoms. The fraction of sp³-hybridized carbons (Fsp3) is 0.312. The molecule has 4 rings (SSSR count). The molecule has 1 saturated heterocycles. The second-order valence-electron chi connectivity index (χ2n) is 5.52. The van der Waals surface area contributed by atoms with E-state index < -0.39 is 0 Å². The molecule has 1 N–H and O–H groups in total. The zero-order valence-corrected chi connectivity index (χ0v) is 12.5. The van der Waals surface area contributed by atoms with Gasteiger partial charge in [-0.3, -0.25) is 5.01 Å². The number of nitrogens with one attached hydrogen (secondary N) is 1. The molecule has 112 valence electrons. The van der Waals surface area contributed by atoms with Gasteiger partial charge in [0.1, 0.15) is 12.0 Å². The van der Waals surface area contributed by atoms with Crippen molar-refractivity contribution in [3.05, 3.63) is 42.4 Å². The van der Waals surface area contributed by atoms with Crippen LogP contribution in [0.4, 0.5) is 0 Å². The quantitative estimate of drug-likeness (QED) is 0.773. The molecular formula is C16H18N6. The summed E-state index contributed by atoms with van der Waals surface area (Å²) < 4.78 is 0. The molecule has 0 saturated carbocycles. The minimum Gasteiger partial charge on any atom is -0.313 e. The summed E-state index contributed by atoms with van der Waals surface area (Å²) in [7, 11) is 0. The molecule has 22 heavy (non-hydrogen) atoms. The summed E-state index contributed by atoms with van der Waals surface area (Å²) >= 11 is 0. The molecule has 3 heterocycles. The van der Waals surface area contributed by atoms with Crippen molar-refractivity contribution in [3.8, 4) is 11.3 Å². The minimum absolute atomic E-state index is 0.871. The van der Waals surface area contributed by atoms with Crippen LogP contribution in [0.5, 0.6) is 0 Å². The standard InChI is InChI=1S/C16H18N6/c1-12-4-2-3-5-13(12)15-14-10-18-11-19-16(14)22(20-15)21-8-6-17-7-9-21/h2-5,10-11,17H,6-9H2,1H3. The topological polar surface area (TPSA) is 58.9 Å². The van der Waals surface area contributed by atoms with E-state index in [0.29, 0.717) is 0 Å². The molecule has 0 amide bonds. The van der Waals surface area contributed by atoms with Crippen LogP contribution in [0.15, 0.2) is 36.8 Å². The van der Waals surface area contributed by atoms with Gasteiger partial charge in [-0.1, -0.05) is 24.3 Å². The molecule has 6 heteroatoms. The van der Waals surface area contributed by atoms with Gasteiger partial charge in [0.15, 0.2) is 5.65 Å². The van der Waals surface area contributed by atoms with Gasteiger partial charge in [0.2, 0.25) is 0 Å². The fourth-order valence-electron chi connectivity index (χ4n) is 2.92. The van der Waals surface area contributed by atoms with Gasteiger partial charge in [-0.15, -0.1) is 5.10 Å². The summed E-state index contributed by atoms with van der Waals surface area (Å²) in [5.41, 5.74) is 4.16. The molecule has 1 aromatic carbocycles. The predicted octanol–water partition coefficient (Wildman–Crippen LogP) is 1.34. The van der Waals surface area contributed by atoms with Gasteiger partial charge in [-0.05, 0) is 12.5 Å². The maximum Gasteiger partial charge on any atom is 0.184 e. The lowest BCUT2D eigenvalue weighted by molar-refractivity contribution is 0.468. The molecule has 1 aliphatic heterocycles. The zero-order chi connectivity index (χ0) is 14.9. The Kier molecular flexibility index (Phi) is 3.23. The van der Waals surface area contributed by atoms with E-state index in [9.17, 15) is 0 Å². The SMILES string of the molecule is Cc1ccccc1-c1nn(N2CCNCC2)c2ncncc12. The number of benzene rings is 1. The summed E-state index contributed by atoms with van der Waals surface area (Å²) in [5, 5.41) is 11.4. The second kappa shape index (κ2) is 5.38. The second-order valence-corrected chi connectivity index (χ2v) is 5.52. The monoisotopic (exact) mass is 294 g/mol. The van der Waals surface area contributed by atoms with Crippen LogP contribution < -0.4 is 10.3 Å². The van der Waals surface area contributed by atoms with E-state index in [0.717, 1.165) is 48.5 Å². The third-order valence-electron chi connectivity index (χ3n) is 4.09. The van der Waals surface area contributed by atoms with E-state index in [1.807, 2.05) is 23.1 Å². The van der Waals surface area contributed by atoms with Crippen LogP contribution in [0.2, 0.25) is 0 Å². The van der Waals surface area contributed by atoms with Crippen LogP contribution in [-0.2, 0) is 0 Å². The summed E-state index contributed by atoms with van der Waals surface area (Å²) in [6.07, 6.45) is 3.44. The molecule has 0 aliphatic carbocycles. The van der Waals surface area contributed by atoms with Crippen LogP contribution in [0.25, 0.3) is 22.3 Å². The molecule has 1 aliphatic rings. The van der Waals surface area contributed by atoms with Gasteiger partial charge in [0.25, 0.3) is 0 Å². The Morgan fingerprint density at radius 1 is 1.14 bits per heavy atom. The maximum absolute atomic E-state index is 4.86. The predicted molar refractivity (Wildman–Crippen MR) is 86.3 cm³/mol. The van der Waals surface area contributed by atoms with Gasteiger partial charge in [0, 0.05) is 37.9 Å². The third-order valence-corrected chi connectivity index (χ3v) is 4.09. The first-order valence-electron chi connectivity index (χ1n) is 7.55. The molecule has 0 atom stereocenters. The number of piperazine rings is 1. The van der Waals surface area contributed by atoms with Gasteiger partial charge < -0.3 is 5.32 Å². The summed E-state index contributed by atoms with van der Waals surface area (Å²) in [6.45, 7) is 5.88. The highest BCUT2D eigenvalue weighted by molar-refractivity contribution is 5.91. The van der Waals surface area contributed by atoms with Crippen molar-refractivity contribution in [2.75, 3.05) is 31.2 Å². The Morgan fingerprint density at radius 3 is 2.77 bits per heavy atom. The Labute approximate surface area is 128 Å². The van der Waals surface area contributed by atoms with Gasteiger partial charge in [0.05, 0.1) is 5.39 Å². The molecule has 0 radical (unpaired) electrons. The molecule has 2 aromatic heterocycles. The number of aryl methyl sites for hydroxylation is 1. The van der Waals surface area contributed by atoms with E-state index in [1.165, 1.54) is 5.56 Å². The van der Waals surface area contributed by atoms with Crippen LogP contribution in [0.1, 0.15) is 5.56 Å². The first-order chi connectivity index (χ1) is 10.8. The number of hydrogen-bond acceptors (Lipinski definition) is 5. The van der Waals surface area contributed by atoms with Crippen molar-refractivity contribution in [1.29, 1.82) is 0 Å². The van der Waals surface area contributed by atoms with E-state index in [2.05, 4.69) is 39.4 Å². The first kappa shape index (κ1) is 13.2. The average Bonchev–Trinajstić information content (AvgIpc) is 2.96. The summed E-state index contributed by atoms with van der Waals surface area (Å²) in [4.78, 5) is 10.6. The Morgan fingerprint density at radius 2 is 1.95 bits per heavy atom. The average molecular weight is 294 g/mol. The van der Waals surface area contributed by atoms with Gasteiger partial charge in [-0.2, -0.15) is 4.79 Å². The number of rotatable bonds is 2. The number of fused-ring (bicyclic) bond motifs is 1. The number of hydrogen-bond donors (Lipinski definition) is 1. The van der Waals surface area contributed by atoms with Crippen LogP contribution >= 0.6 is 0 Å². The van der Waals surface area contributed by atoms with Crippen molar-refractivity contribution in [2.24, 2.45) is 0 Å². The van der Waals surface area contributed by atoms with Crippen molar-refractivity contribution >= 4 is 11.0 Å². The highest BCUT2D eigenvalue weighted by Crippen LogP contribution is 2.28. The van der Waals surface area contributed by atoms with Crippen LogP contribution in [-0.4, -0.2) is 46.0 Å². The van der Waals surface area contributed by atoms with E-state index in [1.54, 1.807) is 6.33 Å². The normalized spacial score (nSPS) is 15.4. The summed E-state index contributed by atoms with van der Waals surface area (Å²) in [5.74, 6) is 0.